The molecule has 0 heterocycles. The zero-order valence-electron chi connectivity index (χ0n) is 12.6. The molecule has 1 atom stereocenters. The smallest absolute Gasteiger partial charge is 0.124 e. The predicted molar refractivity (Wildman–Crippen MR) is 87.7 cm³/mol. The summed E-state index contributed by atoms with van der Waals surface area (Å²) in [5, 5.41) is 3.44. The van der Waals surface area contributed by atoms with Crippen molar-refractivity contribution >= 4 is 22.9 Å². The number of hydrogen-bond donors (Lipinski definition) is 2. The van der Waals surface area contributed by atoms with Gasteiger partial charge in [-0.15, -0.1) is 0 Å². The van der Waals surface area contributed by atoms with Crippen molar-refractivity contribution in [1.29, 1.82) is 0 Å². The molecule has 5 heteroatoms. The summed E-state index contributed by atoms with van der Waals surface area (Å²) in [6.07, 6.45) is 1.02. The topological polar surface area (TPSA) is 41.3 Å². The Morgan fingerprint density at radius 3 is 2.55 bits per heavy atom. The summed E-state index contributed by atoms with van der Waals surface area (Å²) < 4.78 is 13.3. The van der Waals surface area contributed by atoms with Gasteiger partial charge in [0.1, 0.15) is 10.8 Å². The highest BCUT2D eigenvalue weighted by molar-refractivity contribution is 7.80. The summed E-state index contributed by atoms with van der Waals surface area (Å²) in [7, 11) is 4.07. The average molecular weight is 297 g/mol. The third-order valence-corrected chi connectivity index (χ3v) is 3.17. The Kier molecular flexibility index (Phi) is 6.36. The van der Waals surface area contributed by atoms with E-state index in [4.69, 9.17) is 18.0 Å². The zero-order chi connectivity index (χ0) is 15.3. The van der Waals surface area contributed by atoms with Gasteiger partial charge in [0.2, 0.25) is 0 Å². The van der Waals surface area contributed by atoms with Gasteiger partial charge in [0.05, 0.1) is 0 Å². The Bertz CT molecular complexity index is 450. The Morgan fingerprint density at radius 2 is 2.05 bits per heavy atom. The molecule has 0 radical (unpaired) electrons. The molecule has 0 aliphatic rings. The average Bonchev–Trinajstić information content (AvgIpc) is 2.29. The van der Waals surface area contributed by atoms with Gasteiger partial charge >= 0.3 is 0 Å². The van der Waals surface area contributed by atoms with Crippen molar-refractivity contribution in [3.05, 3.63) is 29.6 Å². The van der Waals surface area contributed by atoms with E-state index in [2.05, 4.69) is 24.1 Å². The van der Waals surface area contributed by atoms with E-state index < -0.39 is 0 Å². The fraction of sp³-hybridized carbons (Fsp3) is 0.533. The van der Waals surface area contributed by atoms with Gasteiger partial charge < -0.3 is 16.0 Å². The first-order chi connectivity index (χ1) is 9.29. The molecule has 0 saturated heterocycles. The van der Waals surface area contributed by atoms with Gasteiger partial charge in [-0.3, -0.25) is 0 Å². The van der Waals surface area contributed by atoms with E-state index in [-0.39, 0.29) is 16.8 Å². The SMILES string of the molecule is CC(C)CC(CN(C)C)Nc1ccc(F)cc1C(N)=S. The molecule has 0 aromatic heterocycles. The lowest BCUT2D eigenvalue weighted by Crippen LogP contribution is -2.34. The van der Waals surface area contributed by atoms with Crippen LogP contribution in [0.5, 0.6) is 0 Å². The van der Waals surface area contributed by atoms with Crippen molar-refractivity contribution < 1.29 is 4.39 Å². The molecular formula is C15H24FN3S. The Balaban J connectivity index is 2.94. The van der Waals surface area contributed by atoms with E-state index in [1.807, 2.05) is 14.1 Å². The van der Waals surface area contributed by atoms with Gasteiger partial charge in [-0.25, -0.2) is 4.39 Å². The summed E-state index contributed by atoms with van der Waals surface area (Å²) >= 11 is 5.00. The summed E-state index contributed by atoms with van der Waals surface area (Å²) in [4.78, 5) is 2.34. The Hall–Kier alpha value is -1.20. The molecule has 0 saturated carbocycles. The third kappa shape index (κ3) is 5.43. The monoisotopic (exact) mass is 297 g/mol. The van der Waals surface area contributed by atoms with Crippen LogP contribution in [-0.2, 0) is 0 Å². The van der Waals surface area contributed by atoms with Gasteiger partial charge in [-0.2, -0.15) is 0 Å². The lowest BCUT2D eigenvalue weighted by Gasteiger charge is -2.26. The van der Waals surface area contributed by atoms with Crippen LogP contribution < -0.4 is 11.1 Å². The molecule has 1 aromatic carbocycles. The van der Waals surface area contributed by atoms with Crippen LogP contribution in [-0.4, -0.2) is 36.6 Å². The van der Waals surface area contributed by atoms with Crippen LogP contribution in [0.3, 0.4) is 0 Å². The first-order valence-corrected chi connectivity index (χ1v) is 7.21. The number of likely N-dealkylation sites (N-methyl/N-ethyl adjacent to an activating group) is 1. The van der Waals surface area contributed by atoms with Crippen LogP contribution in [0.15, 0.2) is 18.2 Å². The van der Waals surface area contributed by atoms with Crippen molar-refractivity contribution in [2.75, 3.05) is 26.0 Å². The van der Waals surface area contributed by atoms with Crippen LogP contribution in [0.25, 0.3) is 0 Å². The molecule has 0 fully saturated rings. The molecular weight excluding hydrogens is 273 g/mol. The minimum atomic E-state index is -0.327. The summed E-state index contributed by atoms with van der Waals surface area (Å²) in [6, 6.07) is 4.77. The first-order valence-electron chi connectivity index (χ1n) is 6.80. The van der Waals surface area contributed by atoms with E-state index in [0.29, 0.717) is 11.5 Å². The number of anilines is 1. The lowest BCUT2D eigenvalue weighted by atomic mass is 10.0. The van der Waals surface area contributed by atoms with E-state index in [1.165, 1.54) is 12.1 Å². The fourth-order valence-corrected chi connectivity index (χ4v) is 2.42. The van der Waals surface area contributed by atoms with Crippen LogP contribution in [0.2, 0.25) is 0 Å². The molecule has 1 aromatic rings. The second-order valence-electron chi connectivity index (χ2n) is 5.79. The third-order valence-electron chi connectivity index (χ3n) is 2.95. The number of nitrogens with zero attached hydrogens (tertiary/aromatic N) is 1. The van der Waals surface area contributed by atoms with E-state index in [0.717, 1.165) is 18.7 Å². The highest BCUT2D eigenvalue weighted by atomic mass is 32.1. The van der Waals surface area contributed by atoms with Crippen molar-refractivity contribution in [3.63, 3.8) is 0 Å². The Morgan fingerprint density at radius 1 is 1.40 bits per heavy atom. The molecule has 0 amide bonds. The predicted octanol–water partition coefficient (Wildman–Crippen LogP) is 2.85. The molecule has 1 unspecified atom stereocenters. The van der Waals surface area contributed by atoms with Gasteiger partial charge in [0, 0.05) is 23.8 Å². The standard InChI is InChI=1S/C15H24FN3S/c1-10(2)7-12(9-19(3)4)18-14-6-5-11(16)8-13(14)15(17)20/h5-6,8,10,12,18H,7,9H2,1-4H3,(H2,17,20). The van der Waals surface area contributed by atoms with Crippen molar-refractivity contribution in [2.45, 2.75) is 26.3 Å². The number of thiocarbonyl (C=S) groups is 1. The van der Waals surface area contributed by atoms with E-state index in [1.54, 1.807) is 6.07 Å². The van der Waals surface area contributed by atoms with Crippen LogP contribution in [0, 0.1) is 11.7 Å². The molecule has 0 aliphatic heterocycles. The highest BCUT2D eigenvalue weighted by Crippen LogP contribution is 2.20. The van der Waals surface area contributed by atoms with Crippen LogP contribution in [0.1, 0.15) is 25.8 Å². The molecule has 112 valence electrons. The van der Waals surface area contributed by atoms with Crippen molar-refractivity contribution in [2.24, 2.45) is 11.7 Å². The van der Waals surface area contributed by atoms with Crippen LogP contribution in [0.4, 0.5) is 10.1 Å². The lowest BCUT2D eigenvalue weighted by molar-refractivity contribution is 0.356. The second-order valence-corrected chi connectivity index (χ2v) is 6.23. The molecule has 3 nitrogen and oxygen atoms in total. The zero-order valence-corrected chi connectivity index (χ0v) is 13.4. The number of rotatable bonds is 7. The quantitative estimate of drug-likeness (QED) is 0.759. The maximum atomic E-state index is 13.3. The van der Waals surface area contributed by atoms with E-state index >= 15 is 0 Å². The van der Waals surface area contributed by atoms with Gasteiger partial charge in [-0.1, -0.05) is 26.1 Å². The summed E-state index contributed by atoms with van der Waals surface area (Å²) in [6.45, 7) is 5.26. The van der Waals surface area contributed by atoms with Crippen LogP contribution >= 0.6 is 12.2 Å². The molecule has 0 spiro atoms. The number of halogens is 1. The van der Waals surface area contributed by atoms with Crippen molar-refractivity contribution in [3.8, 4) is 0 Å². The minimum Gasteiger partial charge on any atom is -0.389 e. The summed E-state index contributed by atoms with van der Waals surface area (Å²) in [5.41, 5.74) is 7.04. The fourth-order valence-electron chi connectivity index (χ4n) is 2.26. The summed E-state index contributed by atoms with van der Waals surface area (Å²) in [5.74, 6) is 0.243. The Labute approximate surface area is 126 Å². The molecule has 1 rings (SSSR count). The number of nitrogens with two attached hydrogens (primary N) is 1. The normalized spacial score (nSPS) is 12.8. The molecule has 0 bridgehead atoms. The van der Waals surface area contributed by atoms with Gasteiger partial charge in [0.25, 0.3) is 0 Å². The van der Waals surface area contributed by atoms with Crippen molar-refractivity contribution in [1.82, 2.24) is 4.90 Å². The highest BCUT2D eigenvalue weighted by Gasteiger charge is 2.15. The van der Waals surface area contributed by atoms with E-state index in [9.17, 15) is 4.39 Å². The molecule has 0 aliphatic carbocycles. The minimum absolute atomic E-state index is 0.208. The maximum absolute atomic E-state index is 13.3. The number of hydrogen-bond acceptors (Lipinski definition) is 3. The number of nitrogens with one attached hydrogen (secondary N) is 1. The second kappa shape index (κ2) is 7.55. The molecule has 20 heavy (non-hydrogen) atoms. The van der Waals surface area contributed by atoms with Gasteiger partial charge in [0.15, 0.2) is 0 Å². The first kappa shape index (κ1) is 16.9. The van der Waals surface area contributed by atoms with Gasteiger partial charge in [-0.05, 0) is 44.6 Å². The largest absolute Gasteiger partial charge is 0.389 e. The molecule has 3 N–H and O–H groups in total. The number of benzene rings is 1. The maximum Gasteiger partial charge on any atom is 0.124 e.